The topological polar surface area (TPSA) is 30.2 Å². The SMILES string of the molecule is Cc1c(-c2ccccc2Cl)c(=O)oc2c(Cl)cc(Br)cc12. The van der Waals surface area contributed by atoms with Gasteiger partial charge in [0.05, 0.1) is 10.6 Å². The minimum absolute atomic E-state index is 0.387. The zero-order valence-corrected chi connectivity index (χ0v) is 14.0. The van der Waals surface area contributed by atoms with Gasteiger partial charge in [0.2, 0.25) is 0 Å². The monoisotopic (exact) mass is 382 g/mol. The molecule has 0 atom stereocenters. The van der Waals surface area contributed by atoms with Gasteiger partial charge in [0, 0.05) is 20.4 Å². The van der Waals surface area contributed by atoms with Gasteiger partial charge in [-0.25, -0.2) is 4.79 Å². The van der Waals surface area contributed by atoms with Crippen molar-refractivity contribution < 1.29 is 4.42 Å². The molecule has 0 fully saturated rings. The molecule has 5 heteroatoms. The Morgan fingerprint density at radius 2 is 1.81 bits per heavy atom. The minimum atomic E-state index is -0.447. The van der Waals surface area contributed by atoms with Gasteiger partial charge in [-0.05, 0) is 30.7 Å². The minimum Gasteiger partial charge on any atom is -0.421 e. The maximum absolute atomic E-state index is 12.3. The van der Waals surface area contributed by atoms with Crippen LogP contribution in [0.4, 0.5) is 0 Å². The highest BCUT2D eigenvalue weighted by Gasteiger charge is 2.17. The molecule has 1 heterocycles. The van der Waals surface area contributed by atoms with E-state index in [1.165, 1.54) is 0 Å². The van der Waals surface area contributed by atoms with Crippen LogP contribution in [-0.4, -0.2) is 0 Å². The number of hydrogen-bond acceptors (Lipinski definition) is 2. The molecule has 0 amide bonds. The standard InChI is InChI=1S/C16H9BrCl2O2/c1-8-11-6-9(17)7-13(19)15(11)21-16(20)14(8)10-4-2-3-5-12(10)18/h2-7H,1H3. The average molecular weight is 384 g/mol. The van der Waals surface area contributed by atoms with Gasteiger partial charge in [-0.2, -0.15) is 0 Å². The van der Waals surface area contributed by atoms with Gasteiger partial charge < -0.3 is 4.42 Å². The Morgan fingerprint density at radius 3 is 2.52 bits per heavy atom. The van der Waals surface area contributed by atoms with E-state index in [2.05, 4.69) is 15.9 Å². The number of fused-ring (bicyclic) bond motifs is 1. The molecule has 3 rings (SSSR count). The summed E-state index contributed by atoms with van der Waals surface area (Å²) in [4.78, 5) is 12.3. The van der Waals surface area contributed by atoms with Crippen molar-refractivity contribution in [2.45, 2.75) is 6.92 Å². The molecule has 1 aromatic heterocycles. The number of rotatable bonds is 1. The predicted molar refractivity (Wildman–Crippen MR) is 90.4 cm³/mol. The summed E-state index contributed by atoms with van der Waals surface area (Å²) in [5.41, 5.74) is 1.85. The molecule has 3 aromatic rings. The molecule has 0 N–H and O–H groups in total. The molecule has 0 saturated heterocycles. The second-order valence-corrected chi connectivity index (χ2v) is 6.36. The number of hydrogen-bond donors (Lipinski definition) is 0. The van der Waals surface area contributed by atoms with E-state index in [1.807, 2.05) is 25.1 Å². The fraction of sp³-hybridized carbons (Fsp3) is 0.0625. The van der Waals surface area contributed by atoms with Crippen LogP contribution in [0.2, 0.25) is 10.0 Å². The van der Waals surface area contributed by atoms with E-state index in [-0.39, 0.29) is 0 Å². The van der Waals surface area contributed by atoms with Gasteiger partial charge in [0.15, 0.2) is 5.58 Å². The lowest BCUT2D eigenvalue weighted by Gasteiger charge is -2.10. The summed E-state index contributed by atoms with van der Waals surface area (Å²) in [6.45, 7) is 1.86. The first-order valence-corrected chi connectivity index (χ1v) is 7.71. The zero-order chi connectivity index (χ0) is 15.1. The first-order valence-electron chi connectivity index (χ1n) is 6.16. The molecule has 106 valence electrons. The number of aryl methyl sites for hydroxylation is 1. The molecule has 0 aliphatic heterocycles. The number of halogens is 3. The highest BCUT2D eigenvalue weighted by atomic mass is 79.9. The summed E-state index contributed by atoms with van der Waals surface area (Å²) in [6, 6.07) is 10.8. The van der Waals surface area contributed by atoms with Crippen LogP contribution in [0, 0.1) is 6.92 Å². The highest BCUT2D eigenvalue weighted by Crippen LogP contribution is 2.35. The molecule has 21 heavy (non-hydrogen) atoms. The van der Waals surface area contributed by atoms with Gasteiger partial charge >= 0.3 is 5.63 Å². The van der Waals surface area contributed by atoms with E-state index in [1.54, 1.807) is 18.2 Å². The Kier molecular flexibility index (Phi) is 3.82. The molecule has 0 unspecified atom stereocenters. The maximum atomic E-state index is 12.3. The van der Waals surface area contributed by atoms with Gasteiger partial charge in [0.25, 0.3) is 0 Å². The van der Waals surface area contributed by atoms with Crippen LogP contribution in [0.5, 0.6) is 0 Å². The fourth-order valence-corrected chi connectivity index (χ4v) is 3.43. The normalized spacial score (nSPS) is 11.0. The third-order valence-corrected chi connectivity index (χ3v) is 4.40. The maximum Gasteiger partial charge on any atom is 0.344 e. The lowest BCUT2D eigenvalue weighted by molar-refractivity contribution is 0.562. The van der Waals surface area contributed by atoms with E-state index in [0.29, 0.717) is 26.8 Å². The van der Waals surface area contributed by atoms with Crippen molar-refractivity contribution in [1.82, 2.24) is 0 Å². The molecule has 0 aliphatic rings. The van der Waals surface area contributed by atoms with Crippen LogP contribution in [0.15, 0.2) is 50.1 Å². The molecule has 0 spiro atoms. The first kappa shape index (κ1) is 14.6. The van der Waals surface area contributed by atoms with E-state index in [9.17, 15) is 4.79 Å². The van der Waals surface area contributed by atoms with E-state index in [0.717, 1.165) is 15.4 Å². The lowest BCUT2D eigenvalue weighted by atomic mass is 9.99. The van der Waals surface area contributed by atoms with E-state index >= 15 is 0 Å². The number of benzene rings is 2. The Labute approximate surface area is 139 Å². The van der Waals surface area contributed by atoms with Gasteiger partial charge in [0.1, 0.15) is 0 Å². The van der Waals surface area contributed by atoms with Gasteiger partial charge in [-0.15, -0.1) is 0 Å². The second-order valence-electron chi connectivity index (χ2n) is 4.63. The fourth-order valence-electron chi connectivity index (χ4n) is 2.35. The van der Waals surface area contributed by atoms with Crippen molar-refractivity contribution in [3.05, 3.63) is 66.9 Å². The average Bonchev–Trinajstić information content (AvgIpc) is 2.42. The predicted octanol–water partition coefficient (Wildman–Crippen LogP) is 5.84. The lowest BCUT2D eigenvalue weighted by Crippen LogP contribution is -2.06. The van der Waals surface area contributed by atoms with Gasteiger partial charge in [-0.1, -0.05) is 57.3 Å². The van der Waals surface area contributed by atoms with Crippen molar-refractivity contribution in [1.29, 1.82) is 0 Å². The Balaban J connectivity index is 2.46. The smallest absolute Gasteiger partial charge is 0.344 e. The van der Waals surface area contributed by atoms with Crippen molar-refractivity contribution in [3.8, 4) is 11.1 Å². The quantitative estimate of drug-likeness (QED) is 0.494. The van der Waals surface area contributed by atoms with Crippen molar-refractivity contribution in [3.63, 3.8) is 0 Å². The molecule has 0 bridgehead atoms. The van der Waals surface area contributed by atoms with Gasteiger partial charge in [-0.3, -0.25) is 0 Å². The Hall–Kier alpha value is -1.29. The molecule has 0 radical (unpaired) electrons. The molecule has 2 nitrogen and oxygen atoms in total. The third kappa shape index (κ3) is 2.50. The summed E-state index contributed by atoms with van der Waals surface area (Å²) in [5, 5.41) is 1.68. The molecule has 0 saturated carbocycles. The van der Waals surface area contributed by atoms with Crippen LogP contribution in [0.1, 0.15) is 5.56 Å². The van der Waals surface area contributed by atoms with Crippen LogP contribution < -0.4 is 5.63 Å². The van der Waals surface area contributed by atoms with Crippen LogP contribution in [0.3, 0.4) is 0 Å². The first-order chi connectivity index (χ1) is 9.99. The largest absolute Gasteiger partial charge is 0.421 e. The summed E-state index contributed by atoms with van der Waals surface area (Å²) < 4.78 is 6.22. The van der Waals surface area contributed by atoms with Crippen LogP contribution in [-0.2, 0) is 0 Å². The summed E-state index contributed by atoms with van der Waals surface area (Å²) in [7, 11) is 0. The molecule has 0 aliphatic carbocycles. The van der Waals surface area contributed by atoms with Crippen LogP contribution >= 0.6 is 39.1 Å². The summed E-state index contributed by atoms with van der Waals surface area (Å²) >= 11 is 15.7. The Morgan fingerprint density at radius 1 is 1.10 bits per heavy atom. The highest BCUT2D eigenvalue weighted by molar-refractivity contribution is 9.10. The van der Waals surface area contributed by atoms with Crippen LogP contribution in [0.25, 0.3) is 22.1 Å². The molecular weight excluding hydrogens is 375 g/mol. The van der Waals surface area contributed by atoms with E-state index in [4.69, 9.17) is 27.6 Å². The van der Waals surface area contributed by atoms with Crippen molar-refractivity contribution >= 4 is 50.1 Å². The molecule has 2 aromatic carbocycles. The third-order valence-electron chi connectivity index (χ3n) is 3.33. The Bertz CT molecular complexity index is 916. The molecular formula is C16H9BrCl2O2. The summed E-state index contributed by atoms with van der Waals surface area (Å²) in [6.07, 6.45) is 0. The van der Waals surface area contributed by atoms with Crippen molar-refractivity contribution in [2.24, 2.45) is 0 Å². The van der Waals surface area contributed by atoms with Crippen molar-refractivity contribution in [2.75, 3.05) is 0 Å². The zero-order valence-electron chi connectivity index (χ0n) is 10.9. The van der Waals surface area contributed by atoms with E-state index < -0.39 is 5.63 Å². The second kappa shape index (κ2) is 5.48. The summed E-state index contributed by atoms with van der Waals surface area (Å²) in [5.74, 6) is 0.